The molecule has 3 rings (SSSR count). The monoisotopic (exact) mass is 354 g/mol. The number of nitrogens with zero attached hydrogens (tertiary/aromatic N) is 2. The number of aromatic nitrogens is 2. The zero-order valence-corrected chi connectivity index (χ0v) is 15.4. The summed E-state index contributed by atoms with van der Waals surface area (Å²) < 4.78 is 2.36. The molecule has 26 heavy (non-hydrogen) atoms. The first-order valence-electron chi connectivity index (χ1n) is 9.23. The van der Waals surface area contributed by atoms with Gasteiger partial charge >= 0.3 is 0 Å². The molecule has 2 aromatic rings. The van der Waals surface area contributed by atoms with E-state index in [0.29, 0.717) is 5.56 Å². The Labute approximate surface area is 153 Å². The fourth-order valence-electron chi connectivity index (χ4n) is 3.64. The summed E-state index contributed by atoms with van der Waals surface area (Å²) in [6.45, 7) is 5.28. The van der Waals surface area contributed by atoms with Crippen molar-refractivity contribution in [2.75, 3.05) is 0 Å². The largest absolute Gasteiger partial charge is 0.348 e. The molecule has 0 spiro atoms. The molecule has 1 fully saturated rings. The van der Waals surface area contributed by atoms with Crippen LogP contribution in [0.4, 0.5) is 0 Å². The molecule has 0 atom stereocenters. The van der Waals surface area contributed by atoms with Crippen LogP contribution in [-0.4, -0.2) is 21.7 Å². The molecule has 138 valence electrons. The van der Waals surface area contributed by atoms with Crippen LogP contribution in [0.2, 0.25) is 0 Å². The molecule has 1 aliphatic carbocycles. The van der Waals surface area contributed by atoms with Crippen molar-refractivity contribution in [1.29, 1.82) is 0 Å². The fourth-order valence-corrected chi connectivity index (χ4v) is 3.64. The number of carbonyl (C=O) groups excluding carboxylic acids is 1. The number of aromatic amines is 1. The topological polar surface area (TPSA) is 79.2 Å². The first-order valence-corrected chi connectivity index (χ1v) is 9.23. The summed E-state index contributed by atoms with van der Waals surface area (Å²) in [7, 11) is 0. The molecule has 0 saturated heterocycles. The van der Waals surface area contributed by atoms with Crippen LogP contribution < -0.4 is 11.0 Å². The summed E-state index contributed by atoms with van der Waals surface area (Å²) in [5, 5.41) is 4.07. The minimum Gasteiger partial charge on any atom is -0.348 e. The van der Waals surface area contributed by atoms with E-state index in [-0.39, 0.29) is 11.5 Å². The van der Waals surface area contributed by atoms with Crippen LogP contribution in [0.25, 0.3) is 0 Å². The highest BCUT2D eigenvalue weighted by Crippen LogP contribution is 2.26. The summed E-state index contributed by atoms with van der Waals surface area (Å²) in [6.07, 6.45) is 9.75. The zero-order chi connectivity index (χ0) is 18.5. The second-order valence-corrected chi connectivity index (χ2v) is 7.08. The van der Waals surface area contributed by atoms with Crippen molar-refractivity contribution in [3.8, 4) is 0 Å². The fraction of sp³-hybridized carbons (Fsp3) is 0.450. The molecule has 0 aliphatic heterocycles. The third-order valence-electron chi connectivity index (χ3n) is 5.19. The average molecular weight is 354 g/mol. The molecule has 1 saturated carbocycles. The molecule has 0 radical (unpaired) electrons. The van der Waals surface area contributed by atoms with Crippen molar-refractivity contribution in [2.24, 2.45) is 11.0 Å². The highest BCUT2D eigenvalue weighted by molar-refractivity contribution is 5.94. The van der Waals surface area contributed by atoms with E-state index in [1.807, 2.05) is 0 Å². The van der Waals surface area contributed by atoms with Gasteiger partial charge in [0.2, 0.25) is 5.56 Å². The quantitative estimate of drug-likeness (QED) is 0.639. The van der Waals surface area contributed by atoms with Crippen LogP contribution in [0.3, 0.4) is 0 Å². The molecule has 2 heterocycles. The van der Waals surface area contributed by atoms with Gasteiger partial charge in [0.05, 0.1) is 11.8 Å². The van der Waals surface area contributed by atoms with Gasteiger partial charge in [0.15, 0.2) is 0 Å². The lowest BCUT2D eigenvalue weighted by molar-refractivity contribution is 0.0954. The maximum absolute atomic E-state index is 12.0. The van der Waals surface area contributed by atoms with Gasteiger partial charge in [0.25, 0.3) is 5.91 Å². The van der Waals surface area contributed by atoms with Gasteiger partial charge in [-0.2, -0.15) is 5.10 Å². The van der Waals surface area contributed by atoms with Crippen LogP contribution in [0, 0.1) is 19.8 Å². The van der Waals surface area contributed by atoms with Crippen LogP contribution >= 0.6 is 0 Å². The molecule has 6 heteroatoms. The number of nitrogens with one attached hydrogen (secondary N) is 2. The lowest BCUT2D eigenvalue weighted by Crippen LogP contribution is -2.19. The van der Waals surface area contributed by atoms with E-state index in [1.165, 1.54) is 61.8 Å². The number of hydrogen-bond donors (Lipinski definition) is 2. The van der Waals surface area contributed by atoms with Gasteiger partial charge in [-0.25, -0.2) is 5.43 Å². The number of H-pyrrole nitrogens is 1. The summed E-state index contributed by atoms with van der Waals surface area (Å²) >= 11 is 0. The minimum absolute atomic E-state index is 0.240. The van der Waals surface area contributed by atoms with E-state index in [1.54, 1.807) is 6.21 Å². The molecule has 1 aliphatic rings. The lowest BCUT2D eigenvalue weighted by Gasteiger charge is -2.23. The molecule has 0 bridgehead atoms. The van der Waals surface area contributed by atoms with E-state index < -0.39 is 0 Å². The van der Waals surface area contributed by atoms with E-state index in [0.717, 1.165) is 18.0 Å². The van der Waals surface area contributed by atoms with Crippen molar-refractivity contribution >= 4 is 12.1 Å². The summed E-state index contributed by atoms with van der Waals surface area (Å²) in [6, 6.07) is 4.89. The molecule has 2 aromatic heterocycles. The predicted octanol–water partition coefficient (Wildman–Crippen LogP) is 3.14. The Kier molecular flexibility index (Phi) is 5.71. The number of hydrogen-bond acceptors (Lipinski definition) is 3. The number of aryl methyl sites for hydroxylation is 1. The molecule has 2 N–H and O–H groups in total. The smallest absolute Gasteiger partial charge is 0.272 e. The number of hydrazone groups is 1. The SMILES string of the molecule is Cc1cc(C=NNC(=O)c2ccc(=O)[nH]c2)c(C)n1CC1CCCCC1. The van der Waals surface area contributed by atoms with Crippen LogP contribution in [0.15, 0.2) is 34.3 Å². The molecule has 6 nitrogen and oxygen atoms in total. The Morgan fingerprint density at radius 1 is 1.31 bits per heavy atom. The first-order chi connectivity index (χ1) is 12.5. The van der Waals surface area contributed by atoms with E-state index in [4.69, 9.17) is 0 Å². The maximum atomic E-state index is 12.0. The molecular weight excluding hydrogens is 328 g/mol. The van der Waals surface area contributed by atoms with E-state index in [9.17, 15) is 9.59 Å². The molecular formula is C20H26N4O2. The standard InChI is InChI=1S/C20H26N4O2/c1-14-10-18(15(2)24(14)13-16-6-4-3-5-7-16)12-22-23-20(26)17-8-9-19(25)21-11-17/h8-12,16H,3-7,13H2,1-2H3,(H,21,25)(H,23,26). The summed E-state index contributed by atoms with van der Waals surface area (Å²) in [5.74, 6) is 0.409. The van der Waals surface area contributed by atoms with Gasteiger partial charge < -0.3 is 9.55 Å². The Balaban J connectivity index is 1.64. The van der Waals surface area contributed by atoms with Crippen LogP contribution in [-0.2, 0) is 6.54 Å². The van der Waals surface area contributed by atoms with Crippen molar-refractivity contribution in [1.82, 2.24) is 15.0 Å². The summed E-state index contributed by atoms with van der Waals surface area (Å²) in [5.41, 5.74) is 6.04. The second-order valence-electron chi connectivity index (χ2n) is 7.08. The number of carbonyl (C=O) groups is 1. The Hall–Kier alpha value is -2.63. The Morgan fingerprint density at radius 2 is 2.08 bits per heavy atom. The van der Waals surface area contributed by atoms with Crippen molar-refractivity contribution in [2.45, 2.75) is 52.5 Å². The van der Waals surface area contributed by atoms with Crippen molar-refractivity contribution in [3.63, 3.8) is 0 Å². The normalized spacial score (nSPS) is 15.5. The highest BCUT2D eigenvalue weighted by Gasteiger charge is 2.16. The molecule has 0 aromatic carbocycles. The van der Waals surface area contributed by atoms with Gasteiger partial charge in [0, 0.05) is 35.8 Å². The van der Waals surface area contributed by atoms with Crippen LogP contribution in [0.5, 0.6) is 0 Å². The van der Waals surface area contributed by atoms with Gasteiger partial charge in [-0.3, -0.25) is 9.59 Å². The van der Waals surface area contributed by atoms with Gasteiger partial charge in [0.1, 0.15) is 0 Å². The zero-order valence-electron chi connectivity index (χ0n) is 15.4. The Morgan fingerprint density at radius 3 is 2.77 bits per heavy atom. The number of rotatable bonds is 5. The van der Waals surface area contributed by atoms with Crippen molar-refractivity contribution in [3.05, 3.63) is 57.3 Å². The predicted molar refractivity (Wildman–Crippen MR) is 103 cm³/mol. The minimum atomic E-state index is -0.353. The van der Waals surface area contributed by atoms with E-state index >= 15 is 0 Å². The third-order valence-corrected chi connectivity index (χ3v) is 5.19. The number of amides is 1. The molecule has 1 amide bonds. The summed E-state index contributed by atoms with van der Waals surface area (Å²) in [4.78, 5) is 25.5. The van der Waals surface area contributed by atoms with E-state index in [2.05, 4.69) is 40.0 Å². The highest BCUT2D eigenvalue weighted by atomic mass is 16.2. The molecule has 0 unspecified atom stereocenters. The average Bonchev–Trinajstić information content (AvgIpc) is 2.91. The lowest BCUT2D eigenvalue weighted by atomic mass is 9.89. The van der Waals surface area contributed by atoms with Gasteiger partial charge in [-0.05, 0) is 44.7 Å². The van der Waals surface area contributed by atoms with Gasteiger partial charge in [-0.15, -0.1) is 0 Å². The third kappa shape index (κ3) is 4.31. The van der Waals surface area contributed by atoms with Gasteiger partial charge in [-0.1, -0.05) is 19.3 Å². The van der Waals surface area contributed by atoms with Crippen molar-refractivity contribution < 1.29 is 4.79 Å². The van der Waals surface area contributed by atoms with Crippen LogP contribution in [0.1, 0.15) is 59.4 Å². The maximum Gasteiger partial charge on any atom is 0.272 e. The Bertz CT molecular complexity index is 837. The first kappa shape index (κ1) is 18.2. The second kappa shape index (κ2) is 8.17. The number of pyridine rings is 1.